The fraction of sp³-hybridized carbons (Fsp3) is 0.600. The van der Waals surface area contributed by atoms with Gasteiger partial charge in [0, 0.05) is 12.4 Å². The third kappa shape index (κ3) is 2.94. The number of aromatic nitrogens is 2. The summed E-state index contributed by atoms with van der Waals surface area (Å²) in [7, 11) is -3.31. The van der Waals surface area contributed by atoms with Crippen LogP contribution in [0.4, 0.5) is 0 Å². The second-order valence-corrected chi connectivity index (χ2v) is 6.08. The lowest BCUT2D eigenvalue weighted by atomic mass is 10.2. The molecule has 7 heteroatoms. The third-order valence-electron chi connectivity index (χ3n) is 2.83. The van der Waals surface area contributed by atoms with Gasteiger partial charge in [-0.1, -0.05) is 0 Å². The molecule has 0 radical (unpaired) electrons. The van der Waals surface area contributed by atoms with Gasteiger partial charge >= 0.3 is 0 Å². The molecular formula is C10H16ClN3O2S. The van der Waals surface area contributed by atoms with Crippen LogP contribution in [0.25, 0.3) is 0 Å². The van der Waals surface area contributed by atoms with E-state index in [2.05, 4.69) is 15.3 Å². The smallest absolute Gasteiger partial charge is 0.200 e. The lowest BCUT2D eigenvalue weighted by molar-refractivity contribution is 0.494. The van der Waals surface area contributed by atoms with Crippen molar-refractivity contribution >= 4 is 22.2 Å². The average molecular weight is 278 g/mol. The van der Waals surface area contributed by atoms with E-state index < -0.39 is 9.84 Å². The average Bonchev–Trinajstić information content (AvgIpc) is 2.30. The Bertz CT molecular complexity index is 472. The number of sulfone groups is 1. The van der Waals surface area contributed by atoms with Crippen LogP contribution >= 0.6 is 12.4 Å². The summed E-state index contributed by atoms with van der Waals surface area (Å²) in [6.45, 7) is 3.19. The molecule has 1 aromatic heterocycles. The van der Waals surface area contributed by atoms with Crippen molar-refractivity contribution < 1.29 is 8.42 Å². The van der Waals surface area contributed by atoms with Crippen LogP contribution in [-0.4, -0.2) is 36.7 Å². The van der Waals surface area contributed by atoms with Gasteiger partial charge in [-0.3, -0.25) is 4.98 Å². The second-order valence-electron chi connectivity index (χ2n) is 3.94. The van der Waals surface area contributed by atoms with Crippen molar-refractivity contribution in [3.05, 3.63) is 18.1 Å². The standard InChI is InChI=1S/C10H15N3O2S.ClH/c1-8-10(13-7-6-12-8)16(14,15)9-2-4-11-5-3-9;/h6-7,9,11H,2-5H2,1H3;1H. The molecule has 0 saturated carbocycles. The first-order valence-corrected chi connectivity index (χ1v) is 6.89. The number of hydrogen-bond donors (Lipinski definition) is 1. The summed E-state index contributed by atoms with van der Waals surface area (Å²) in [6, 6.07) is 0. The molecule has 0 bridgehead atoms. The highest BCUT2D eigenvalue weighted by Gasteiger charge is 2.31. The molecule has 1 aromatic rings. The normalized spacial score (nSPS) is 17.5. The summed E-state index contributed by atoms with van der Waals surface area (Å²) in [5.74, 6) is 0. The Kier molecular flexibility index (Phi) is 4.85. The summed E-state index contributed by atoms with van der Waals surface area (Å²) in [5.41, 5.74) is 0.487. The maximum Gasteiger partial charge on any atom is 0.200 e. The van der Waals surface area contributed by atoms with E-state index in [0.717, 1.165) is 13.1 Å². The fourth-order valence-corrected chi connectivity index (χ4v) is 3.78. The van der Waals surface area contributed by atoms with Crippen molar-refractivity contribution in [2.24, 2.45) is 0 Å². The molecule has 0 aromatic carbocycles. The summed E-state index contributed by atoms with van der Waals surface area (Å²) in [5, 5.41) is 2.98. The van der Waals surface area contributed by atoms with E-state index in [-0.39, 0.29) is 22.7 Å². The highest BCUT2D eigenvalue weighted by Crippen LogP contribution is 2.21. The molecule has 2 rings (SSSR count). The molecule has 1 saturated heterocycles. The van der Waals surface area contributed by atoms with Gasteiger partial charge in [-0.05, 0) is 32.9 Å². The number of nitrogens with zero attached hydrogens (tertiary/aromatic N) is 2. The van der Waals surface area contributed by atoms with Gasteiger partial charge in [0.25, 0.3) is 0 Å². The van der Waals surface area contributed by atoms with Gasteiger partial charge in [0.15, 0.2) is 14.9 Å². The molecule has 17 heavy (non-hydrogen) atoms. The van der Waals surface area contributed by atoms with Crippen molar-refractivity contribution in [2.45, 2.75) is 30.0 Å². The molecule has 96 valence electrons. The van der Waals surface area contributed by atoms with Crippen molar-refractivity contribution in [1.82, 2.24) is 15.3 Å². The molecule has 1 fully saturated rings. The molecule has 0 atom stereocenters. The topological polar surface area (TPSA) is 72.0 Å². The van der Waals surface area contributed by atoms with Crippen LogP contribution in [0.5, 0.6) is 0 Å². The van der Waals surface area contributed by atoms with Crippen molar-refractivity contribution in [2.75, 3.05) is 13.1 Å². The first kappa shape index (κ1) is 14.3. The van der Waals surface area contributed by atoms with E-state index in [1.54, 1.807) is 6.92 Å². The molecule has 1 aliphatic heterocycles. The first-order chi connectivity index (χ1) is 7.62. The van der Waals surface area contributed by atoms with Gasteiger partial charge in [-0.2, -0.15) is 0 Å². The van der Waals surface area contributed by atoms with E-state index in [0.29, 0.717) is 18.5 Å². The highest BCUT2D eigenvalue weighted by molar-refractivity contribution is 7.92. The quantitative estimate of drug-likeness (QED) is 0.863. The van der Waals surface area contributed by atoms with E-state index in [1.165, 1.54) is 12.4 Å². The number of hydrogen-bond acceptors (Lipinski definition) is 5. The predicted molar refractivity (Wildman–Crippen MR) is 67.1 cm³/mol. The summed E-state index contributed by atoms with van der Waals surface area (Å²) >= 11 is 0. The molecular weight excluding hydrogens is 262 g/mol. The van der Waals surface area contributed by atoms with Crippen LogP contribution in [-0.2, 0) is 9.84 Å². The molecule has 2 heterocycles. The molecule has 5 nitrogen and oxygen atoms in total. The monoisotopic (exact) mass is 277 g/mol. The Morgan fingerprint density at radius 3 is 2.41 bits per heavy atom. The summed E-state index contributed by atoms with van der Waals surface area (Å²) in [6.07, 6.45) is 4.24. The van der Waals surface area contributed by atoms with Crippen LogP contribution in [0.15, 0.2) is 17.4 Å². The zero-order chi connectivity index (χ0) is 11.6. The van der Waals surface area contributed by atoms with Gasteiger partial charge in [0.05, 0.1) is 10.9 Å². The van der Waals surface area contributed by atoms with Crippen molar-refractivity contribution in [3.8, 4) is 0 Å². The van der Waals surface area contributed by atoms with Gasteiger partial charge in [0.2, 0.25) is 0 Å². The SMILES string of the molecule is Cc1nccnc1S(=O)(=O)C1CCNCC1.Cl. The minimum Gasteiger partial charge on any atom is -0.317 e. The van der Waals surface area contributed by atoms with Crippen LogP contribution in [0.1, 0.15) is 18.5 Å². The van der Waals surface area contributed by atoms with Crippen LogP contribution in [0, 0.1) is 6.92 Å². The van der Waals surface area contributed by atoms with E-state index >= 15 is 0 Å². The van der Waals surface area contributed by atoms with Crippen LogP contribution < -0.4 is 5.32 Å². The summed E-state index contributed by atoms with van der Waals surface area (Å²) in [4.78, 5) is 7.94. The Hall–Kier alpha value is -0.720. The third-order valence-corrected chi connectivity index (χ3v) is 5.12. The minimum absolute atomic E-state index is 0. The number of nitrogens with one attached hydrogen (secondary N) is 1. The lowest BCUT2D eigenvalue weighted by Crippen LogP contribution is -2.36. The molecule has 0 spiro atoms. The Balaban J connectivity index is 0.00000144. The largest absolute Gasteiger partial charge is 0.317 e. The maximum atomic E-state index is 12.3. The lowest BCUT2D eigenvalue weighted by Gasteiger charge is -2.22. The van der Waals surface area contributed by atoms with E-state index in [9.17, 15) is 8.42 Å². The first-order valence-electron chi connectivity index (χ1n) is 5.34. The Labute approximate surface area is 107 Å². The van der Waals surface area contributed by atoms with Crippen LogP contribution in [0.2, 0.25) is 0 Å². The molecule has 0 amide bonds. The van der Waals surface area contributed by atoms with Gasteiger partial charge in [-0.25, -0.2) is 13.4 Å². The second kappa shape index (κ2) is 5.75. The minimum atomic E-state index is -3.31. The number of halogens is 1. The molecule has 0 aliphatic carbocycles. The van der Waals surface area contributed by atoms with Gasteiger partial charge in [-0.15, -0.1) is 12.4 Å². The van der Waals surface area contributed by atoms with E-state index in [4.69, 9.17) is 0 Å². The van der Waals surface area contributed by atoms with Crippen LogP contribution in [0.3, 0.4) is 0 Å². The molecule has 1 N–H and O–H groups in total. The van der Waals surface area contributed by atoms with Crippen molar-refractivity contribution in [1.29, 1.82) is 0 Å². The molecule has 0 unspecified atom stereocenters. The van der Waals surface area contributed by atoms with Gasteiger partial charge in [0.1, 0.15) is 0 Å². The number of aryl methyl sites for hydroxylation is 1. The van der Waals surface area contributed by atoms with Gasteiger partial charge < -0.3 is 5.32 Å². The Morgan fingerprint density at radius 2 is 1.82 bits per heavy atom. The predicted octanol–water partition coefficient (Wildman–Crippen LogP) is 0.733. The maximum absolute atomic E-state index is 12.3. The van der Waals surface area contributed by atoms with E-state index in [1.807, 2.05) is 0 Å². The fourth-order valence-electron chi connectivity index (χ4n) is 1.94. The highest BCUT2D eigenvalue weighted by atomic mass is 35.5. The summed E-state index contributed by atoms with van der Waals surface area (Å²) < 4.78 is 24.6. The zero-order valence-electron chi connectivity index (χ0n) is 9.59. The van der Waals surface area contributed by atoms with Crippen molar-refractivity contribution in [3.63, 3.8) is 0 Å². The zero-order valence-corrected chi connectivity index (χ0v) is 11.2. The Morgan fingerprint density at radius 1 is 1.24 bits per heavy atom. The molecule has 1 aliphatic rings. The number of piperidine rings is 1. The number of rotatable bonds is 2.